The molecule has 11 heteroatoms. The van der Waals surface area contributed by atoms with Crippen LogP contribution >= 0.6 is 34.2 Å². The summed E-state index contributed by atoms with van der Waals surface area (Å²) in [7, 11) is 0. The van der Waals surface area contributed by atoms with Gasteiger partial charge in [0, 0.05) is 16.7 Å². The van der Waals surface area contributed by atoms with E-state index < -0.39 is 16.6 Å². The van der Waals surface area contributed by atoms with Gasteiger partial charge in [0.15, 0.2) is 11.5 Å². The maximum Gasteiger partial charge on any atom is 0.273 e. The van der Waals surface area contributed by atoms with Crippen LogP contribution in [-0.4, -0.2) is 22.5 Å². The highest BCUT2D eigenvalue weighted by Gasteiger charge is 2.17. The van der Waals surface area contributed by atoms with Crippen LogP contribution < -0.4 is 14.8 Å². The second kappa shape index (κ2) is 12.2. The predicted octanol–water partition coefficient (Wildman–Crippen LogP) is 6.08. The van der Waals surface area contributed by atoms with Crippen LogP contribution in [0.25, 0.3) is 6.08 Å². The van der Waals surface area contributed by atoms with Crippen LogP contribution in [0.5, 0.6) is 17.2 Å². The van der Waals surface area contributed by atoms with E-state index >= 15 is 0 Å². The van der Waals surface area contributed by atoms with E-state index in [2.05, 4.69) is 27.9 Å². The third-order valence-electron chi connectivity index (χ3n) is 4.78. The molecule has 0 aromatic heterocycles. The average molecular weight is 620 g/mol. The molecule has 1 amide bonds. The number of hydrogen-bond donors (Lipinski definition) is 2. The molecule has 3 aromatic carbocycles. The number of hydrogen-bond acceptors (Lipinski definition) is 7. The molecule has 0 atom stereocenters. The summed E-state index contributed by atoms with van der Waals surface area (Å²) in [6, 6.07) is 15.7. The smallest absolute Gasteiger partial charge is 0.273 e. The zero-order valence-corrected chi connectivity index (χ0v) is 21.7. The number of nitro benzene ring substituents is 1. The van der Waals surface area contributed by atoms with Crippen molar-refractivity contribution in [1.82, 2.24) is 0 Å². The lowest BCUT2D eigenvalue weighted by atomic mass is 10.1. The molecule has 0 aliphatic rings. The highest BCUT2D eigenvalue weighted by Crippen LogP contribution is 2.36. The van der Waals surface area contributed by atoms with Gasteiger partial charge in [-0.3, -0.25) is 14.9 Å². The lowest BCUT2D eigenvalue weighted by Gasteiger charge is -2.15. The Labute approximate surface area is 225 Å². The molecule has 0 unspecified atom stereocenters. The fourth-order valence-electron chi connectivity index (χ4n) is 3.08. The van der Waals surface area contributed by atoms with Crippen LogP contribution in [0.4, 0.5) is 11.4 Å². The van der Waals surface area contributed by atoms with Crippen molar-refractivity contribution in [2.24, 2.45) is 0 Å². The number of benzene rings is 3. The Balaban J connectivity index is 1.86. The van der Waals surface area contributed by atoms with Gasteiger partial charge in [-0.1, -0.05) is 29.8 Å². The molecule has 3 rings (SSSR count). The van der Waals surface area contributed by atoms with Crippen molar-refractivity contribution in [3.05, 3.63) is 90.0 Å². The summed E-state index contributed by atoms with van der Waals surface area (Å²) in [6.45, 7) is 2.39. The SMILES string of the molecule is CCOc1cc(/C=C(\C#N)C(=O)Nc2ccc([N+](=O)[O-])cc2O)cc(I)c1OCc1ccccc1Cl. The summed E-state index contributed by atoms with van der Waals surface area (Å²) in [5, 5.41) is 33.3. The number of ether oxygens (including phenoxy) is 2. The summed E-state index contributed by atoms with van der Waals surface area (Å²) in [5.74, 6) is -0.376. The van der Waals surface area contributed by atoms with E-state index in [0.717, 1.165) is 17.7 Å². The second-order valence-electron chi connectivity index (χ2n) is 7.23. The number of amides is 1. The maximum absolute atomic E-state index is 12.7. The molecule has 0 aliphatic heterocycles. The molecule has 0 heterocycles. The number of phenols is 1. The Hall–Kier alpha value is -3.82. The largest absolute Gasteiger partial charge is 0.506 e. The molecular weight excluding hydrogens is 601 g/mol. The Bertz CT molecular complexity index is 1390. The summed E-state index contributed by atoms with van der Waals surface area (Å²) in [4.78, 5) is 22.8. The van der Waals surface area contributed by atoms with E-state index in [0.29, 0.717) is 32.3 Å². The molecule has 0 radical (unpaired) electrons. The van der Waals surface area contributed by atoms with Gasteiger partial charge in [0.25, 0.3) is 11.6 Å². The first-order valence-electron chi connectivity index (χ1n) is 10.5. The number of nitrogens with one attached hydrogen (secondary N) is 1. The van der Waals surface area contributed by atoms with Crippen molar-refractivity contribution >= 4 is 57.5 Å². The number of non-ortho nitro benzene ring substituents is 1. The standard InChI is InChI=1S/C25H19ClIN3O6/c1-2-35-23-11-15(10-20(27)24(23)36-14-16-5-3-4-6-19(16)26)9-17(13-28)25(32)29-21-8-7-18(30(33)34)12-22(21)31/h3-12,31H,2,14H2,1H3,(H,29,32)/b17-9+. The van der Waals surface area contributed by atoms with E-state index in [-0.39, 0.29) is 23.6 Å². The van der Waals surface area contributed by atoms with Crippen molar-refractivity contribution in [3.63, 3.8) is 0 Å². The van der Waals surface area contributed by atoms with Gasteiger partial charge in [0.1, 0.15) is 24.0 Å². The monoisotopic (exact) mass is 619 g/mol. The minimum absolute atomic E-state index is 0.0698. The highest BCUT2D eigenvalue weighted by atomic mass is 127. The fraction of sp³-hybridized carbons (Fsp3) is 0.120. The minimum atomic E-state index is -0.798. The number of rotatable bonds is 9. The summed E-state index contributed by atoms with van der Waals surface area (Å²) in [6.07, 6.45) is 1.36. The first-order valence-corrected chi connectivity index (χ1v) is 11.9. The van der Waals surface area contributed by atoms with E-state index in [4.69, 9.17) is 21.1 Å². The van der Waals surface area contributed by atoms with Gasteiger partial charge < -0.3 is 19.9 Å². The Morgan fingerprint density at radius 3 is 2.64 bits per heavy atom. The van der Waals surface area contributed by atoms with Crippen LogP contribution in [0.1, 0.15) is 18.1 Å². The number of nitrogens with zero attached hydrogens (tertiary/aromatic N) is 2. The van der Waals surface area contributed by atoms with Crippen molar-refractivity contribution in [3.8, 4) is 23.3 Å². The van der Waals surface area contributed by atoms with E-state index in [1.54, 1.807) is 18.2 Å². The van der Waals surface area contributed by atoms with Crippen molar-refractivity contribution in [2.75, 3.05) is 11.9 Å². The fourth-order valence-corrected chi connectivity index (χ4v) is 4.06. The van der Waals surface area contributed by atoms with Crippen LogP contribution in [-0.2, 0) is 11.4 Å². The molecule has 36 heavy (non-hydrogen) atoms. The number of halogens is 2. The number of carbonyl (C=O) groups is 1. The van der Waals surface area contributed by atoms with E-state index in [1.165, 1.54) is 12.1 Å². The number of phenolic OH excluding ortho intramolecular Hbond substituents is 1. The van der Waals surface area contributed by atoms with Crippen molar-refractivity contribution in [2.45, 2.75) is 13.5 Å². The Morgan fingerprint density at radius 2 is 2.00 bits per heavy atom. The molecule has 2 N–H and O–H groups in total. The molecule has 0 aliphatic carbocycles. The molecule has 0 bridgehead atoms. The van der Waals surface area contributed by atoms with Gasteiger partial charge in [-0.15, -0.1) is 0 Å². The number of aromatic hydroxyl groups is 1. The van der Waals surface area contributed by atoms with Crippen LogP contribution in [0.3, 0.4) is 0 Å². The van der Waals surface area contributed by atoms with Gasteiger partial charge in [0.05, 0.1) is 26.9 Å². The quantitative estimate of drug-likeness (QED) is 0.0740. The van der Waals surface area contributed by atoms with Crippen LogP contribution in [0, 0.1) is 25.0 Å². The van der Waals surface area contributed by atoms with Gasteiger partial charge >= 0.3 is 0 Å². The first kappa shape index (κ1) is 26.8. The third-order valence-corrected chi connectivity index (χ3v) is 5.95. The number of nitriles is 1. The minimum Gasteiger partial charge on any atom is -0.506 e. The maximum atomic E-state index is 12.7. The van der Waals surface area contributed by atoms with Crippen molar-refractivity contribution in [1.29, 1.82) is 5.26 Å². The van der Waals surface area contributed by atoms with Crippen LogP contribution in [0.2, 0.25) is 5.02 Å². The first-order chi connectivity index (χ1) is 17.2. The van der Waals surface area contributed by atoms with Crippen molar-refractivity contribution < 1.29 is 24.3 Å². The molecule has 0 fully saturated rings. The molecular formula is C25H19ClIN3O6. The highest BCUT2D eigenvalue weighted by molar-refractivity contribution is 14.1. The van der Waals surface area contributed by atoms with Crippen LogP contribution in [0.15, 0.2) is 60.2 Å². The Morgan fingerprint density at radius 1 is 1.25 bits per heavy atom. The van der Waals surface area contributed by atoms with Gasteiger partial charge in [-0.2, -0.15) is 5.26 Å². The summed E-state index contributed by atoms with van der Waals surface area (Å²) in [5.41, 5.74) is 0.652. The van der Waals surface area contributed by atoms with Gasteiger partial charge in [0.2, 0.25) is 0 Å². The summed E-state index contributed by atoms with van der Waals surface area (Å²) < 4.78 is 12.4. The molecule has 0 saturated heterocycles. The number of carbonyl (C=O) groups excluding carboxylic acids is 1. The van der Waals surface area contributed by atoms with E-state index in [1.807, 2.05) is 31.2 Å². The predicted molar refractivity (Wildman–Crippen MR) is 143 cm³/mol. The zero-order valence-electron chi connectivity index (χ0n) is 18.8. The summed E-state index contributed by atoms with van der Waals surface area (Å²) >= 11 is 8.29. The normalized spacial score (nSPS) is 10.9. The molecule has 0 spiro atoms. The van der Waals surface area contributed by atoms with Gasteiger partial charge in [-0.25, -0.2) is 0 Å². The second-order valence-corrected chi connectivity index (χ2v) is 8.79. The lowest BCUT2D eigenvalue weighted by molar-refractivity contribution is -0.384. The molecule has 184 valence electrons. The van der Waals surface area contributed by atoms with E-state index in [9.17, 15) is 25.3 Å². The topological polar surface area (TPSA) is 135 Å². The Kier molecular flexibility index (Phi) is 9.10. The lowest BCUT2D eigenvalue weighted by Crippen LogP contribution is -2.13. The molecule has 3 aromatic rings. The molecule has 9 nitrogen and oxygen atoms in total. The van der Waals surface area contributed by atoms with Gasteiger partial charge in [-0.05, 0) is 65.4 Å². The number of nitro groups is 1. The number of anilines is 1. The zero-order chi connectivity index (χ0) is 26.2. The third kappa shape index (κ3) is 6.65. The average Bonchev–Trinajstić information content (AvgIpc) is 2.84. The molecule has 0 saturated carbocycles.